The molecule has 0 aliphatic carbocycles. The van der Waals surface area contributed by atoms with E-state index in [-0.39, 0.29) is 18.4 Å². The molecule has 142 valence electrons. The highest BCUT2D eigenvalue weighted by molar-refractivity contribution is 5.96. The van der Waals surface area contributed by atoms with E-state index in [9.17, 15) is 14.4 Å². The number of aliphatic carboxylic acids is 1. The standard InChI is InChI=1S/C18H21N5O4/c1-21(10-16(24)22-7-5-13(6-8-22)18(26)27)17(25)14-3-2-4-15(9-14)23-12-19-11-20-23/h2-4,9,11-13H,5-8,10H2,1H3,(H,26,27). The molecule has 0 radical (unpaired) electrons. The number of amides is 2. The van der Waals surface area contributed by atoms with Crippen LogP contribution in [0.3, 0.4) is 0 Å². The minimum Gasteiger partial charge on any atom is -0.481 e. The van der Waals surface area contributed by atoms with Crippen LogP contribution in [0, 0.1) is 5.92 Å². The van der Waals surface area contributed by atoms with E-state index < -0.39 is 11.9 Å². The Hall–Kier alpha value is -3.23. The fraction of sp³-hybridized carbons (Fsp3) is 0.389. The minimum atomic E-state index is -0.818. The lowest BCUT2D eigenvalue weighted by molar-refractivity contribution is -0.145. The average molecular weight is 371 g/mol. The number of rotatable bonds is 5. The van der Waals surface area contributed by atoms with E-state index in [1.807, 2.05) is 6.07 Å². The van der Waals surface area contributed by atoms with Crippen molar-refractivity contribution in [3.63, 3.8) is 0 Å². The molecule has 1 fully saturated rings. The van der Waals surface area contributed by atoms with E-state index in [1.54, 1.807) is 34.8 Å². The van der Waals surface area contributed by atoms with Crippen molar-refractivity contribution < 1.29 is 19.5 Å². The maximum atomic E-state index is 12.7. The molecule has 27 heavy (non-hydrogen) atoms. The predicted octanol–water partition coefficient (Wildman–Crippen LogP) is 0.663. The largest absolute Gasteiger partial charge is 0.481 e. The van der Waals surface area contributed by atoms with Gasteiger partial charge in [0.2, 0.25) is 5.91 Å². The minimum absolute atomic E-state index is 0.0515. The summed E-state index contributed by atoms with van der Waals surface area (Å²) >= 11 is 0. The zero-order valence-corrected chi connectivity index (χ0v) is 15.0. The van der Waals surface area contributed by atoms with Gasteiger partial charge < -0.3 is 14.9 Å². The molecule has 2 amide bonds. The Labute approximate surface area is 156 Å². The number of carbonyl (C=O) groups is 3. The number of hydrogen-bond acceptors (Lipinski definition) is 5. The first-order chi connectivity index (χ1) is 13.0. The van der Waals surface area contributed by atoms with Crippen LogP contribution in [0.1, 0.15) is 23.2 Å². The highest BCUT2D eigenvalue weighted by Crippen LogP contribution is 2.18. The van der Waals surface area contributed by atoms with Gasteiger partial charge in [0.15, 0.2) is 0 Å². The molecular formula is C18H21N5O4. The smallest absolute Gasteiger partial charge is 0.306 e. The van der Waals surface area contributed by atoms with Crippen LogP contribution in [-0.2, 0) is 9.59 Å². The first-order valence-corrected chi connectivity index (χ1v) is 8.67. The van der Waals surface area contributed by atoms with Crippen LogP contribution in [0.25, 0.3) is 5.69 Å². The molecule has 0 unspecified atom stereocenters. The quantitative estimate of drug-likeness (QED) is 0.827. The molecule has 0 atom stereocenters. The van der Waals surface area contributed by atoms with E-state index in [0.29, 0.717) is 37.2 Å². The molecule has 9 heteroatoms. The van der Waals surface area contributed by atoms with Crippen molar-refractivity contribution in [2.45, 2.75) is 12.8 Å². The molecule has 9 nitrogen and oxygen atoms in total. The lowest BCUT2D eigenvalue weighted by atomic mass is 9.97. The summed E-state index contributed by atoms with van der Waals surface area (Å²) < 4.78 is 1.55. The summed E-state index contributed by atoms with van der Waals surface area (Å²) in [5.74, 6) is -1.66. The summed E-state index contributed by atoms with van der Waals surface area (Å²) in [6, 6.07) is 6.93. The molecule has 0 bridgehead atoms. The summed E-state index contributed by atoms with van der Waals surface area (Å²) in [5.41, 5.74) is 1.15. The number of carboxylic acids is 1. The molecule has 0 spiro atoms. The van der Waals surface area contributed by atoms with Crippen molar-refractivity contribution in [2.75, 3.05) is 26.7 Å². The summed E-state index contributed by atoms with van der Waals surface area (Å²) in [7, 11) is 1.58. The number of aromatic nitrogens is 3. The summed E-state index contributed by atoms with van der Waals surface area (Å²) in [4.78, 5) is 43.0. The summed E-state index contributed by atoms with van der Waals surface area (Å²) in [6.07, 6.45) is 3.84. The highest BCUT2D eigenvalue weighted by atomic mass is 16.4. The third kappa shape index (κ3) is 4.30. The van der Waals surface area contributed by atoms with Gasteiger partial charge in [0.25, 0.3) is 5.91 Å². The molecule has 1 saturated heterocycles. The maximum Gasteiger partial charge on any atom is 0.306 e. The molecule has 1 N–H and O–H groups in total. The van der Waals surface area contributed by atoms with Crippen LogP contribution in [0.15, 0.2) is 36.9 Å². The van der Waals surface area contributed by atoms with Gasteiger partial charge >= 0.3 is 5.97 Å². The molecule has 1 aromatic carbocycles. The molecule has 2 aromatic rings. The molecule has 3 rings (SSSR count). The summed E-state index contributed by atoms with van der Waals surface area (Å²) in [5, 5.41) is 13.1. The van der Waals surface area contributed by atoms with E-state index in [1.165, 1.54) is 17.6 Å². The Kier molecular flexibility index (Phi) is 5.49. The van der Waals surface area contributed by atoms with Gasteiger partial charge in [0.05, 0.1) is 18.2 Å². The van der Waals surface area contributed by atoms with E-state index in [4.69, 9.17) is 5.11 Å². The SMILES string of the molecule is CN(CC(=O)N1CCC(C(=O)O)CC1)C(=O)c1cccc(-n2cncn2)c1. The Bertz CT molecular complexity index is 828. The highest BCUT2D eigenvalue weighted by Gasteiger charge is 2.28. The predicted molar refractivity (Wildman–Crippen MR) is 95.3 cm³/mol. The molecule has 1 aromatic heterocycles. The number of hydrogen-bond donors (Lipinski definition) is 1. The second-order valence-corrected chi connectivity index (χ2v) is 6.54. The first-order valence-electron chi connectivity index (χ1n) is 8.67. The van der Waals surface area contributed by atoms with Gasteiger partial charge in [0, 0.05) is 25.7 Å². The third-order valence-corrected chi connectivity index (χ3v) is 4.69. The van der Waals surface area contributed by atoms with Gasteiger partial charge in [-0.25, -0.2) is 9.67 Å². The van der Waals surface area contributed by atoms with E-state index in [0.717, 1.165) is 0 Å². The number of likely N-dealkylation sites (N-methyl/N-ethyl adjacent to an activating group) is 1. The maximum absolute atomic E-state index is 12.7. The topological polar surface area (TPSA) is 109 Å². The molecule has 2 heterocycles. The zero-order chi connectivity index (χ0) is 19.4. The van der Waals surface area contributed by atoms with Crippen LogP contribution in [-0.4, -0.2) is 74.1 Å². The molecule has 0 saturated carbocycles. The van der Waals surface area contributed by atoms with Gasteiger partial charge in [-0.3, -0.25) is 14.4 Å². The number of piperidine rings is 1. The zero-order valence-electron chi connectivity index (χ0n) is 15.0. The average Bonchev–Trinajstić information content (AvgIpc) is 3.22. The van der Waals surface area contributed by atoms with Crippen LogP contribution in [0.4, 0.5) is 0 Å². The lowest BCUT2D eigenvalue weighted by Gasteiger charge is -2.31. The fourth-order valence-corrected chi connectivity index (χ4v) is 3.09. The first kappa shape index (κ1) is 18.6. The second-order valence-electron chi connectivity index (χ2n) is 6.54. The molecule has 1 aliphatic heterocycles. The van der Waals surface area contributed by atoms with Crippen molar-refractivity contribution in [3.8, 4) is 5.69 Å². The Balaban J connectivity index is 1.60. The third-order valence-electron chi connectivity index (χ3n) is 4.69. The van der Waals surface area contributed by atoms with Crippen molar-refractivity contribution in [3.05, 3.63) is 42.5 Å². The van der Waals surface area contributed by atoms with Crippen LogP contribution >= 0.6 is 0 Å². The van der Waals surface area contributed by atoms with Crippen molar-refractivity contribution in [2.24, 2.45) is 5.92 Å². The van der Waals surface area contributed by atoms with Crippen LogP contribution in [0.5, 0.6) is 0 Å². The van der Waals surface area contributed by atoms with Gasteiger partial charge in [-0.05, 0) is 31.0 Å². The van der Waals surface area contributed by atoms with Crippen LogP contribution < -0.4 is 0 Å². The normalized spacial score (nSPS) is 14.8. The van der Waals surface area contributed by atoms with E-state index >= 15 is 0 Å². The van der Waals surface area contributed by atoms with Crippen molar-refractivity contribution in [1.82, 2.24) is 24.6 Å². The fourth-order valence-electron chi connectivity index (χ4n) is 3.09. The monoisotopic (exact) mass is 371 g/mol. The Morgan fingerprint density at radius 1 is 1.26 bits per heavy atom. The summed E-state index contributed by atoms with van der Waals surface area (Å²) in [6.45, 7) is 0.753. The number of nitrogens with zero attached hydrogens (tertiary/aromatic N) is 5. The van der Waals surface area contributed by atoms with Crippen molar-refractivity contribution in [1.29, 1.82) is 0 Å². The van der Waals surface area contributed by atoms with Crippen molar-refractivity contribution >= 4 is 17.8 Å². The van der Waals surface area contributed by atoms with Gasteiger partial charge in [0.1, 0.15) is 12.7 Å². The molecule has 1 aliphatic rings. The number of likely N-dealkylation sites (tertiary alicyclic amines) is 1. The lowest BCUT2D eigenvalue weighted by Crippen LogP contribution is -2.45. The van der Waals surface area contributed by atoms with Gasteiger partial charge in [-0.1, -0.05) is 6.07 Å². The van der Waals surface area contributed by atoms with Gasteiger partial charge in [-0.15, -0.1) is 0 Å². The Morgan fingerprint density at radius 2 is 2.00 bits per heavy atom. The van der Waals surface area contributed by atoms with Crippen LogP contribution in [0.2, 0.25) is 0 Å². The van der Waals surface area contributed by atoms with Gasteiger partial charge in [-0.2, -0.15) is 5.10 Å². The number of benzene rings is 1. The number of carboxylic acid groups (broad SMARTS) is 1. The number of carbonyl (C=O) groups excluding carboxylic acids is 2. The van der Waals surface area contributed by atoms with E-state index in [2.05, 4.69) is 10.1 Å². The second kappa shape index (κ2) is 7.98. The molecular weight excluding hydrogens is 350 g/mol. The Morgan fingerprint density at radius 3 is 2.63 bits per heavy atom.